The number of anilines is 1. The van der Waals surface area contributed by atoms with Crippen molar-refractivity contribution in [2.45, 2.75) is 19.3 Å². The van der Waals surface area contributed by atoms with Crippen molar-refractivity contribution in [3.63, 3.8) is 0 Å². The topological polar surface area (TPSA) is 55.1 Å². The van der Waals surface area contributed by atoms with Gasteiger partial charge >= 0.3 is 0 Å². The molecule has 0 aliphatic carbocycles. The van der Waals surface area contributed by atoms with Crippen LogP contribution in [0.3, 0.4) is 0 Å². The van der Waals surface area contributed by atoms with Gasteiger partial charge in [-0.25, -0.2) is 4.39 Å². The SMILES string of the molecule is Cc1ccc(F)c2c1C(CN)CC(=O)N2. The number of fused-ring (bicyclic) bond motifs is 1. The van der Waals surface area contributed by atoms with Gasteiger partial charge in [0, 0.05) is 12.3 Å². The number of hydrogen-bond donors (Lipinski definition) is 2. The molecule has 1 aliphatic rings. The number of nitrogens with one attached hydrogen (secondary N) is 1. The highest BCUT2D eigenvalue weighted by Crippen LogP contribution is 2.35. The van der Waals surface area contributed by atoms with Crippen molar-refractivity contribution in [2.75, 3.05) is 11.9 Å². The van der Waals surface area contributed by atoms with E-state index < -0.39 is 0 Å². The Labute approximate surface area is 87.5 Å². The van der Waals surface area contributed by atoms with Crippen LogP contribution < -0.4 is 11.1 Å². The lowest BCUT2D eigenvalue weighted by atomic mass is 9.87. The molecule has 2 rings (SSSR count). The Morgan fingerprint density at radius 2 is 2.33 bits per heavy atom. The number of halogens is 1. The third-order valence-electron chi connectivity index (χ3n) is 2.80. The highest BCUT2D eigenvalue weighted by molar-refractivity contribution is 5.95. The Balaban J connectivity index is 2.59. The lowest BCUT2D eigenvalue weighted by Gasteiger charge is -2.26. The first-order valence-electron chi connectivity index (χ1n) is 4.92. The van der Waals surface area contributed by atoms with Crippen LogP contribution in [-0.4, -0.2) is 12.5 Å². The first kappa shape index (κ1) is 10.1. The van der Waals surface area contributed by atoms with Crippen molar-refractivity contribution < 1.29 is 9.18 Å². The van der Waals surface area contributed by atoms with Crippen LogP contribution in [0.2, 0.25) is 0 Å². The average Bonchev–Trinajstić information content (AvgIpc) is 2.22. The number of amides is 1. The van der Waals surface area contributed by atoms with Crippen LogP contribution in [0, 0.1) is 12.7 Å². The molecule has 0 spiro atoms. The molecule has 80 valence electrons. The van der Waals surface area contributed by atoms with Gasteiger partial charge in [-0.15, -0.1) is 0 Å². The summed E-state index contributed by atoms with van der Waals surface area (Å²) in [4.78, 5) is 11.3. The molecule has 3 N–H and O–H groups in total. The predicted octanol–water partition coefficient (Wildman–Crippen LogP) is 1.52. The summed E-state index contributed by atoms with van der Waals surface area (Å²) in [5, 5.41) is 2.56. The molecule has 0 aromatic heterocycles. The molecule has 3 nitrogen and oxygen atoms in total. The molecular formula is C11H13FN2O. The van der Waals surface area contributed by atoms with Crippen molar-refractivity contribution in [1.82, 2.24) is 0 Å². The van der Waals surface area contributed by atoms with Gasteiger partial charge < -0.3 is 11.1 Å². The molecule has 1 amide bonds. The maximum absolute atomic E-state index is 13.5. The average molecular weight is 208 g/mol. The summed E-state index contributed by atoms with van der Waals surface area (Å²) in [6.07, 6.45) is 0.341. The second-order valence-electron chi connectivity index (χ2n) is 3.84. The lowest BCUT2D eigenvalue weighted by molar-refractivity contribution is -0.116. The number of hydrogen-bond acceptors (Lipinski definition) is 2. The number of rotatable bonds is 1. The van der Waals surface area contributed by atoms with Gasteiger partial charge in [0.25, 0.3) is 0 Å². The third kappa shape index (κ3) is 1.61. The molecule has 0 fully saturated rings. The zero-order chi connectivity index (χ0) is 11.0. The van der Waals surface area contributed by atoms with Crippen molar-refractivity contribution in [3.8, 4) is 0 Å². The molecular weight excluding hydrogens is 195 g/mol. The fraction of sp³-hybridized carbons (Fsp3) is 0.364. The van der Waals surface area contributed by atoms with E-state index in [2.05, 4.69) is 5.32 Å². The van der Waals surface area contributed by atoms with Gasteiger partial charge in [-0.1, -0.05) is 6.07 Å². The molecule has 4 heteroatoms. The summed E-state index contributed by atoms with van der Waals surface area (Å²) in [6, 6.07) is 3.08. The molecule has 0 saturated carbocycles. The number of aryl methyl sites for hydroxylation is 1. The monoisotopic (exact) mass is 208 g/mol. The molecule has 1 aliphatic heterocycles. The molecule has 1 heterocycles. The molecule has 15 heavy (non-hydrogen) atoms. The Hall–Kier alpha value is -1.42. The fourth-order valence-electron chi connectivity index (χ4n) is 2.07. The van der Waals surface area contributed by atoms with E-state index >= 15 is 0 Å². The summed E-state index contributed by atoms with van der Waals surface area (Å²) >= 11 is 0. The number of nitrogens with two attached hydrogens (primary N) is 1. The van der Waals surface area contributed by atoms with Gasteiger partial charge in [0.1, 0.15) is 5.82 Å². The summed E-state index contributed by atoms with van der Waals surface area (Å²) < 4.78 is 13.5. The van der Waals surface area contributed by atoms with Crippen molar-refractivity contribution in [3.05, 3.63) is 29.1 Å². The number of carbonyl (C=O) groups is 1. The largest absolute Gasteiger partial charge is 0.330 e. The summed E-state index contributed by atoms with van der Waals surface area (Å²) in [6.45, 7) is 2.27. The third-order valence-corrected chi connectivity index (χ3v) is 2.80. The Bertz CT molecular complexity index is 417. The molecule has 1 aromatic rings. The normalized spacial score (nSPS) is 19.7. The predicted molar refractivity (Wildman–Crippen MR) is 56.2 cm³/mol. The van der Waals surface area contributed by atoms with Gasteiger partial charge in [-0.3, -0.25) is 4.79 Å². The van der Waals surface area contributed by atoms with Crippen molar-refractivity contribution >= 4 is 11.6 Å². The van der Waals surface area contributed by atoms with Crippen molar-refractivity contribution in [1.29, 1.82) is 0 Å². The molecule has 0 saturated heterocycles. The lowest BCUT2D eigenvalue weighted by Crippen LogP contribution is -2.28. The smallest absolute Gasteiger partial charge is 0.225 e. The van der Waals surface area contributed by atoms with Crippen LogP contribution in [0.4, 0.5) is 10.1 Å². The standard InChI is InChI=1S/C11H13FN2O/c1-6-2-3-8(12)11-10(6)7(5-13)4-9(15)14-11/h2-3,7H,4-5,13H2,1H3,(H,14,15). The minimum atomic E-state index is -0.387. The van der Waals surface area contributed by atoms with E-state index in [4.69, 9.17) is 5.73 Å². The summed E-state index contributed by atoms with van der Waals surface area (Å²) in [7, 11) is 0. The van der Waals surface area contributed by atoms with Gasteiger partial charge in [0.05, 0.1) is 5.69 Å². The summed E-state index contributed by atoms with van der Waals surface area (Å²) in [5.74, 6) is -0.617. The van der Waals surface area contributed by atoms with Crippen LogP contribution >= 0.6 is 0 Å². The highest BCUT2D eigenvalue weighted by atomic mass is 19.1. The quantitative estimate of drug-likeness (QED) is 0.735. The van der Waals surface area contributed by atoms with Crippen LogP contribution in [0.15, 0.2) is 12.1 Å². The van der Waals surface area contributed by atoms with Gasteiger partial charge in [0.2, 0.25) is 5.91 Å². The van der Waals surface area contributed by atoms with Gasteiger partial charge in [-0.2, -0.15) is 0 Å². The minimum Gasteiger partial charge on any atom is -0.330 e. The first-order chi connectivity index (χ1) is 7.13. The molecule has 1 atom stereocenters. The van der Waals surface area contributed by atoms with Gasteiger partial charge in [0.15, 0.2) is 0 Å². The molecule has 1 unspecified atom stereocenters. The first-order valence-corrected chi connectivity index (χ1v) is 4.92. The fourth-order valence-corrected chi connectivity index (χ4v) is 2.07. The van der Waals surface area contributed by atoms with Crippen molar-refractivity contribution in [2.24, 2.45) is 5.73 Å². The maximum atomic E-state index is 13.5. The Morgan fingerprint density at radius 3 is 3.00 bits per heavy atom. The summed E-state index contributed by atoms with van der Waals surface area (Å²) in [5.41, 5.74) is 7.72. The van der Waals surface area contributed by atoms with Crippen LogP contribution in [-0.2, 0) is 4.79 Å². The molecule has 1 aromatic carbocycles. The van der Waals surface area contributed by atoms with E-state index in [9.17, 15) is 9.18 Å². The molecule has 0 bridgehead atoms. The highest BCUT2D eigenvalue weighted by Gasteiger charge is 2.27. The Morgan fingerprint density at radius 1 is 1.60 bits per heavy atom. The number of carbonyl (C=O) groups excluding carboxylic acids is 1. The van der Waals surface area contributed by atoms with E-state index in [0.29, 0.717) is 18.7 Å². The second kappa shape index (κ2) is 3.62. The van der Waals surface area contributed by atoms with E-state index in [1.165, 1.54) is 6.07 Å². The Kier molecular flexibility index (Phi) is 2.44. The van der Waals surface area contributed by atoms with Crippen LogP contribution in [0.5, 0.6) is 0 Å². The molecule has 0 radical (unpaired) electrons. The van der Waals surface area contributed by atoms with Crippen LogP contribution in [0.25, 0.3) is 0 Å². The maximum Gasteiger partial charge on any atom is 0.225 e. The van der Waals surface area contributed by atoms with Crippen LogP contribution in [0.1, 0.15) is 23.5 Å². The van der Waals surface area contributed by atoms with E-state index in [1.807, 2.05) is 6.92 Å². The zero-order valence-electron chi connectivity index (χ0n) is 8.51. The van der Waals surface area contributed by atoms with E-state index in [1.54, 1.807) is 6.07 Å². The second-order valence-corrected chi connectivity index (χ2v) is 3.84. The zero-order valence-corrected chi connectivity index (χ0v) is 8.51. The van der Waals surface area contributed by atoms with E-state index in [0.717, 1.165) is 11.1 Å². The van der Waals surface area contributed by atoms with Gasteiger partial charge in [-0.05, 0) is 30.7 Å². The van der Waals surface area contributed by atoms with E-state index in [-0.39, 0.29) is 17.6 Å². The minimum absolute atomic E-state index is 0.0653. The number of benzene rings is 1.